The highest BCUT2D eigenvalue weighted by atomic mass is 19.1. The number of ether oxygens (including phenoxy) is 2. The number of nitrogens with one attached hydrogen (secondary N) is 1. The number of carbonyl (C=O) groups excluding carboxylic acids is 2. The topological polar surface area (TPSA) is 108 Å². The predicted octanol–water partition coefficient (Wildman–Crippen LogP) is 4.42. The average Bonchev–Trinajstić information content (AvgIpc) is 2.78. The minimum atomic E-state index is -0.773. The summed E-state index contributed by atoms with van der Waals surface area (Å²) in [5.74, 6) is -1.54. The van der Waals surface area contributed by atoms with Gasteiger partial charge < -0.3 is 14.8 Å². The fraction of sp³-hybridized carbons (Fsp3) is 0.130. The van der Waals surface area contributed by atoms with Crippen LogP contribution in [0.3, 0.4) is 0 Å². The van der Waals surface area contributed by atoms with Gasteiger partial charge in [0.25, 0.3) is 11.6 Å². The summed E-state index contributed by atoms with van der Waals surface area (Å²) in [4.78, 5) is 35.0. The molecule has 3 rings (SSSR count). The van der Waals surface area contributed by atoms with Crippen LogP contribution in [-0.4, -0.2) is 23.4 Å². The molecule has 3 aromatic carbocycles. The molecule has 9 heteroatoms. The van der Waals surface area contributed by atoms with Gasteiger partial charge in [0, 0.05) is 12.1 Å². The number of benzene rings is 3. The fourth-order valence-electron chi connectivity index (χ4n) is 2.76. The Kier molecular flexibility index (Phi) is 7.12. The van der Waals surface area contributed by atoms with E-state index in [9.17, 15) is 24.1 Å². The van der Waals surface area contributed by atoms with Gasteiger partial charge >= 0.3 is 5.97 Å². The second kappa shape index (κ2) is 10.2. The number of carbonyl (C=O) groups is 2. The van der Waals surface area contributed by atoms with E-state index in [0.717, 1.165) is 0 Å². The second-order valence-corrected chi connectivity index (χ2v) is 6.79. The number of nitro benzene ring substituents is 1. The minimum Gasteiger partial charge on any atom is -0.488 e. The molecule has 0 fully saturated rings. The van der Waals surface area contributed by atoms with Gasteiger partial charge in [-0.3, -0.25) is 14.9 Å². The number of halogens is 1. The molecular weight excluding hydrogens is 419 g/mol. The molecule has 0 aromatic heterocycles. The average molecular weight is 438 g/mol. The molecule has 0 spiro atoms. The molecule has 8 nitrogen and oxygen atoms in total. The first-order valence-corrected chi connectivity index (χ1v) is 9.52. The van der Waals surface area contributed by atoms with E-state index in [1.54, 1.807) is 37.3 Å². The summed E-state index contributed by atoms with van der Waals surface area (Å²) in [5.41, 5.74) is 1.53. The highest BCUT2D eigenvalue weighted by molar-refractivity contribution is 5.97. The molecule has 0 unspecified atom stereocenters. The van der Waals surface area contributed by atoms with E-state index in [0.29, 0.717) is 11.1 Å². The lowest BCUT2D eigenvalue weighted by Crippen LogP contribution is -2.21. The molecule has 0 atom stereocenters. The zero-order valence-corrected chi connectivity index (χ0v) is 17.0. The standard InChI is InChI=1S/C23H19FN2O6/c1-15-6-11-18(26(29)30)12-20(15)25-22(27)14-32-23(28)19-4-2-3-5-21(19)31-13-16-7-9-17(24)10-8-16/h2-12H,13-14H2,1H3,(H,25,27). The van der Waals surface area contributed by atoms with Crippen LogP contribution in [0.2, 0.25) is 0 Å². The Morgan fingerprint density at radius 3 is 2.50 bits per heavy atom. The van der Waals surface area contributed by atoms with Crippen LogP contribution in [0.25, 0.3) is 0 Å². The summed E-state index contributed by atoms with van der Waals surface area (Å²) in [7, 11) is 0. The zero-order chi connectivity index (χ0) is 23.1. The third kappa shape index (κ3) is 5.88. The summed E-state index contributed by atoms with van der Waals surface area (Å²) in [5, 5.41) is 13.4. The molecule has 32 heavy (non-hydrogen) atoms. The van der Waals surface area contributed by atoms with E-state index in [-0.39, 0.29) is 35.1 Å². The van der Waals surface area contributed by atoms with Gasteiger partial charge in [-0.2, -0.15) is 0 Å². The van der Waals surface area contributed by atoms with Crippen molar-refractivity contribution < 1.29 is 28.4 Å². The molecule has 0 aliphatic carbocycles. The van der Waals surface area contributed by atoms with Crippen molar-refractivity contribution in [1.29, 1.82) is 0 Å². The second-order valence-electron chi connectivity index (χ2n) is 6.79. The van der Waals surface area contributed by atoms with Gasteiger partial charge in [-0.1, -0.05) is 30.3 Å². The van der Waals surface area contributed by atoms with Crippen molar-refractivity contribution in [1.82, 2.24) is 0 Å². The van der Waals surface area contributed by atoms with Gasteiger partial charge in [0.1, 0.15) is 23.7 Å². The fourth-order valence-corrected chi connectivity index (χ4v) is 2.76. The number of non-ortho nitro benzene ring substituents is 1. The quantitative estimate of drug-likeness (QED) is 0.317. The Morgan fingerprint density at radius 1 is 1.06 bits per heavy atom. The first-order valence-electron chi connectivity index (χ1n) is 9.52. The molecule has 1 N–H and O–H groups in total. The molecule has 0 heterocycles. The molecule has 0 bridgehead atoms. The van der Waals surface area contributed by atoms with Crippen molar-refractivity contribution in [3.8, 4) is 5.75 Å². The molecule has 164 valence electrons. The van der Waals surface area contributed by atoms with Crippen LogP contribution in [0.4, 0.5) is 15.8 Å². The van der Waals surface area contributed by atoms with Crippen LogP contribution >= 0.6 is 0 Å². The van der Waals surface area contributed by atoms with Crippen molar-refractivity contribution in [2.45, 2.75) is 13.5 Å². The van der Waals surface area contributed by atoms with Crippen LogP contribution in [0.15, 0.2) is 66.7 Å². The largest absolute Gasteiger partial charge is 0.488 e. The van der Waals surface area contributed by atoms with E-state index in [1.807, 2.05) is 0 Å². The number of esters is 1. The Balaban J connectivity index is 1.60. The molecule has 3 aromatic rings. The van der Waals surface area contributed by atoms with Crippen LogP contribution < -0.4 is 10.1 Å². The lowest BCUT2D eigenvalue weighted by Gasteiger charge is -2.12. The summed E-state index contributed by atoms with van der Waals surface area (Å²) in [6, 6.07) is 16.2. The molecule has 0 aliphatic heterocycles. The van der Waals surface area contributed by atoms with Gasteiger partial charge in [0.2, 0.25) is 0 Å². The van der Waals surface area contributed by atoms with E-state index < -0.39 is 23.4 Å². The molecule has 0 aliphatic rings. The number of hydrogen-bond donors (Lipinski definition) is 1. The van der Waals surface area contributed by atoms with Gasteiger partial charge in [0.15, 0.2) is 6.61 Å². The van der Waals surface area contributed by atoms with E-state index in [2.05, 4.69) is 5.32 Å². The predicted molar refractivity (Wildman–Crippen MR) is 114 cm³/mol. The van der Waals surface area contributed by atoms with Crippen LogP contribution in [0.1, 0.15) is 21.5 Å². The van der Waals surface area contributed by atoms with Crippen molar-refractivity contribution >= 4 is 23.3 Å². The van der Waals surface area contributed by atoms with E-state index in [1.165, 1.54) is 36.4 Å². The molecule has 1 amide bonds. The van der Waals surface area contributed by atoms with Crippen molar-refractivity contribution in [2.75, 3.05) is 11.9 Å². The third-order valence-corrected chi connectivity index (χ3v) is 4.45. The third-order valence-electron chi connectivity index (χ3n) is 4.45. The smallest absolute Gasteiger partial charge is 0.342 e. The highest BCUT2D eigenvalue weighted by Gasteiger charge is 2.17. The maximum absolute atomic E-state index is 13.0. The number of aryl methyl sites for hydroxylation is 1. The van der Waals surface area contributed by atoms with Crippen LogP contribution in [0.5, 0.6) is 5.75 Å². The Hall–Kier alpha value is -4.27. The molecule has 0 radical (unpaired) electrons. The van der Waals surface area contributed by atoms with Crippen LogP contribution in [-0.2, 0) is 16.1 Å². The zero-order valence-electron chi connectivity index (χ0n) is 17.0. The number of nitro groups is 1. The first-order chi connectivity index (χ1) is 15.3. The SMILES string of the molecule is Cc1ccc([N+](=O)[O-])cc1NC(=O)COC(=O)c1ccccc1OCc1ccc(F)cc1. The summed E-state index contributed by atoms with van der Waals surface area (Å²) in [6.07, 6.45) is 0. The van der Waals surface area contributed by atoms with Gasteiger partial charge in [-0.15, -0.1) is 0 Å². The first kappa shape index (κ1) is 22.4. The van der Waals surface area contributed by atoms with Crippen LogP contribution in [0, 0.1) is 22.9 Å². The number of nitrogens with zero attached hydrogens (tertiary/aromatic N) is 1. The van der Waals surface area contributed by atoms with Gasteiger partial charge in [-0.05, 0) is 42.3 Å². The Bertz CT molecular complexity index is 1150. The van der Waals surface area contributed by atoms with Crippen molar-refractivity contribution in [2.24, 2.45) is 0 Å². The van der Waals surface area contributed by atoms with E-state index >= 15 is 0 Å². The number of hydrogen-bond acceptors (Lipinski definition) is 6. The lowest BCUT2D eigenvalue weighted by atomic mass is 10.2. The van der Waals surface area contributed by atoms with Gasteiger partial charge in [0.05, 0.1) is 10.6 Å². The van der Waals surface area contributed by atoms with Crippen molar-refractivity contribution in [3.63, 3.8) is 0 Å². The highest BCUT2D eigenvalue weighted by Crippen LogP contribution is 2.23. The maximum Gasteiger partial charge on any atom is 0.342 e. The van der Waals surface area contributed by atoms with Gasteiger partial charge in [-0.25, -0.2) is 9.18 Å². The maximum atomic E-state index is 13.0. The Labute approximate surface area is 182 Å². The number of para-hydroxylation sites is 1. The van der Waals surface area contributed by atoms with E-state index in [4.69, 9.17) is 9.47 Å². The summed E-state index contributed by atoms with van der Waals surface area (Å²) >= 11 is 0. The Morgan fingerprint density at radius 2 is 1.78 bits per heavy atom. The monoisotopic (exact) mass is 438 g/mol. The van der Waals surface area contributed by atoms with Crippen molar-refractivity contribution in [3.05, 3.63) is 99.4 Å². The minimum absolute atomic E-state index is 0.108. The lowest BCUT2D eigenvalue weighted by molar-refractivity contribution is -0.384. The molecule has 0 saturated heterocycles. The number of anilines is 1. The molecular formula is C23H19FN2O6. The normalized spacial score (nSPS) is 10.3. The molecule has 0 saturated carbocycles. The summed E-state index contributed by atoms with van der Waals surface area (Å²) in [6.45, 7) is 1.20. The summed E-state index contributed by atoms with van der Waals surface area (Å²) < 4.78 is 23.7. The number of rotatable bonds is 8. The number of amides is 1.